The van der Waals surface area contributed by atoms with E-state index >= 15 is 0 Å². The number of morpholine rings is 1. The molecule has 0 spiro atoms. The summed E-state index contributed by atoms with van der Waals surface area (Å²) in [6.45, 7) is 4.03. The van der Waals surface area contributed by atoms with Gasteiger partial charge < -0.3 is 4.74 Å². The largest absolute Gasteiger partial charge is 0.375 e. The summed E-state index contributed by atoms with van der Waals surface area (Å²) < 4.78 is 5.68. The van der Waals surface area contributed by atoms with Gasteiger partial charge in [-0.05, 0) is 36.0 Å². The number of halogens is 1. The quantitative estimate of drug-likeness (QED) is 0.796. The fourth-order valence-corrected chi connectivity index (χ4v) is 3.39. The first-order chi connectivity index (χ1) is 8.85. The van der Waals surface area contributed by atoms with Crippen LogP contribution in [0.15, 0.2) is 18.2 Å². The van der Waals surface area contributed by atoms with Crippen molar-refractivity contribution in [3.8, 4) is 0 Å². The minimum absolute atomic E-state index is 0.355. The third-order valence-corrected chi connectivity index (χ3v) is 4.69. The van der Waals surface area contributed by atoms with E-state index < -0.39 is 0 Å². The Morgan fingerprint density at radius 2 is 2.17 bits per heavy atom. The fraction of sp³-hybridized carbons (Fsp3) is 0.600. The summed E-state index contributed by atoms with van der Waals surface area (Å²) in [5.41, 5.74) is 4.61. The predicted molar refractivity (Wildman–Crippen MR) is 77.3 cm³/mol. The summed E-state index contributed by atoms with van der Waals surface area (Å²) in [5.74, 6) is 0. The molecule has 1 aliphatic heterocycles. The van der Waals surface area contributed by atoms with E-state index in [4.69, 9.17) is 4.74 Å². The zero-order valence-electron chi connectivity index (χ0n) is 10.7. The Bertz CT molecular complexity index is 421. The van der Waals surface area contributed by atoms with Crippen molar-refractivity contribution in [1.29, 1.82) is 0 Å². The first kappa shape index (κ1) is 12.6. The maximum absolute atomic E-state index is 5.68. The second kappa shape index (κ2) is 5.72. The first-order valence-electron chi connectivity index (χ1n) is 6.86. The molecule has 2 nitrogen and oxygen atoms in total. The Labute approximate surface area is 117 Å². The highest BCUT2D eigenvalue weighted by molar-refractivity contribution is 9.09. The van der Waals surface area contributed by atoms with Gasteiger partial charge in [-0.2, -0.15) is 0 Å². The molecule has 1 unspecified atom stereocenters. The topological polar surface area (TPSA) is 12.5 Å². The van der Waals surface area contributed by atoms with Crippen LogP contribution in [0.4, 0.5) is 0 Å². The van der Waals surface area contributed by atoms with Gasteiger partial charge in [0.2, 0.25) is 0 Å². The highest BCUT2D eigenvalue weighted by Gasteiger charge is 2.20. The number of fused-ring (bicyclic) bond motifs is 1. The zero-order chi connectivity index (χ0) is 12.4. The average Bonchev–Trinajstić information content (AvgIpc) is 2.86. The van der Waals surface area contributed by atoms with Gasteiger partial charge in [0.25, 0.3) is 0 Å². The smallest absolute Gasteiger partial charge is 0.0799 e. The molecular formula is C15H20BrNO. The molecule has 1 fully saturated rings. The van der Waals surface area contributed by atoms with E-state index in [1.165, 1.54) is 24.8 Å². The Balaban J connectivity index is 1.65. The van der Waals surface area contributed by atoms with Gasteiger partial charge in [-0.1, -0.05) is 34.1 Å². The van der Waals surface area contributed by atoms with Crippen molar-refractivity contribution < 1.29 is 4.74 Å². The van der Waals surface area contributed by atoms with E-state index in [2.05, 4.69) is 39.0 Å². The van der Waals surface area contributed by atoms with E-state index in [0.717, 1.165) is 31.6 Å². The van der Waals surface area contributed by atoms with Crippen LogP contribution in [0.25, 0.3) is 0 Å². The van der Waals surface area contributed by atoms with E-state index in [9.17, 15) is 0 Å². The van der Waals surface area contributed by atoms with Crippen LogP contribution in [0, 0.1) is 0 Å². The van der Waals surface area contributed by atoms with Gasteiger partial charge in [-0.3, -0.25) is 4.90 Å². The van der Waals surface area contributed by atoms with Gasteiger partial charge >= 0.3 is 0 Å². The second-order valence-corrected chi connectivity index (χ2v) is 5.99. The summed E-state index contributed by atoms with van der Waals surface area (Å²) in [6, 6.07) is 7.06. The number of benzene rings is 1. The van der Waals surface area contributed by atoms with Crippen LogP contribution in [-0.4, -0.2) is 36.0 Å². The van der Waals surface area contributed by atoms with Crippen LogP contribution in [0.1, 0.15) is 23.1 Å². The van der Waals surface area contributed by atoms with Gasteiger partial charge in [0.1, 0.15) is 0 Å². The standard InChI is InChI=1S/C15H20BrNO/c16-9-15-11-17(6-7-18-15)10-12-4-5-13-2-1-3-14(13)8-12/h4-5,8,15H,1-3,6-7,9-11H2. The molecule has 0 radical (unpaired) electrons. The predicted octanol–water partition coefficient (Wildman–Crippen LogP) is 2.77. The minimum Gasteiger partial charge on any atom is -0.375 e. The molecule has 0 bridgehead atoms. The molecule has 0 aromatic heterocycles. The SMILES string of the molecule is BrCC1CN(Cc2ccc3c(c2)CCC3)CCO1. The fourth-order valence-electron chi connectivity index (χ4n) is 3.00. The van der Waals surface area contributed by atoms with Crippen LogP contribution >= 0.6 is 15.9 Å². The summed E-state index contributed by atoms with van der Waals surface area (Å²) in [6.07, 6.45) is 4.24. The van der Waals surface area contributed by atoms with Crippen LogP contribution in [0.3, 0.4) is 0 Å². The Hall–Kier alpha value is -0.380. The van der Waals surface area contributed by atoms with Crippen LogP contribution in [-0.2, 0) is 24.1 Å². The Kier molecular flexibility index (Phi) is 4.02. The van der Waals surface area contributed by atoms with Crippen molar-refractivity contribution in [1.82, 2.24) is 4.90 Å². The summed E-state index contributed by atoms with van der Waals surface area (Å²) in [5, 5.41) is 0.938. The van der Waals surface area contributed by atoms with E-state index in [1.54, 1.807) is 11.1 Å². The van der Waals surface area contributed by atoms with Crippen molar-refractivity contribution in [2.24, 2.45) is 0 Å². The molecule has 0 amide bonds. The average molecular weight is 310 g/mol. The van der Waals surface area contributed by atoms with Gasteiger partial charge in [-0.25, -0.2) is 0 Å². The molecule has 0 N–H and O–H groups in total. The lowest BCUT2D eigenvalue weighted by Crippen LogP contribution is -2.42. The number of hydrogen-bond acceptors (Lipinski definition) is 2. The molecule has 3 rings (SSSR count). The molecule has 0 saturated carbocycles. The lowest BCUT2D eigenvalue weighted by molar-refractivity contribution is -0.0181. The molecule has 1 aliphatic carbocycles. The van der Waals surface area contributed by atoms with Gasteiger partial charge in [-0.15, -0.1) is 0 Å². The monoisotopic (exact) mass is 309 g/mol. The van der Waals surface area contributed by atoms with E-state index in [-0.39, 0.29) is 0 Å². The normalized spacial score (nSPS) is 24.2. The second-order valence-electron chi connectivity index (χ2n) is 5.34. The van der Waals surface area contributed by atoms with Crippen molar-refractivity contribution in [3.63, 3.8) is 0 Å². The lowest BCUT2D eigenvalue weighted by atomic mass is 10.1. The number of aryl methyl sites for hydroxylation is 2. The van der Waals surface area contributed by atoms with Crippen molar-refractivity contribution in [2.75, 3.05) is 25.0 Å². The number of alkyl halides is 1. The van der Waals surface area contributed by atoms with Gasteiger partial charge in [0.05, 0.1) is 12.7 Å². The van der Waals surface area contributed by atoms with Gasteiger partial charge in [0, 0.05) is 25.0 Å². The zero-order valence-corrected chi connectivity index (χ0v) is 12.3. The third-order valence-electron chi connectivity index (χ3n) is 3.96. The number of ether oxygens (including phenoxy) is 1. The first-order valence-corrected chi connectivity index (χ1v) is 7.98. The van der Waals surface area contributed by atoms with Crippen molar-refractivity contribution >= 4 is 15.9 Å². The highest BCUT2D eigenvalue weighted by Crippen LogP contribution is 2.23. The summed E-state index contributed by atoms with van der Waals surface area (Å²) in [7, 11) is 0. The summed E-state index contributed by atoms with van der Waals surface area (Å²) in [4.78, 5) is 2.51. The molecule has 1 aromatic rings. The maximum atomic E-state index is 5.68. The summed E-state index contributed by atoms with van der Waals surface area (Å²) >= 11 is 3.51. The molecule has 98 valence electrons. The van der Waals surface area contributed by atoms with E-state index in [0.29, 0.717) is 6.10 Å². The molecule has 2 aliphatic rings. The van der Waals surface area contributed by atoms with Crippen LogP contribution in [0.5, 0.6) is 0 Å². The molecule has 1 atom stereocenters. The number of rotatable bonds is 3. The molecule has 1 aromatic carbocycles. The molecule has 3 heteroatoms. The third kappa shape index (κ3) is 2.79. The van der Waals surface area contributed by atoms with Gasteiger partial charge in [0.15, 0.2) is 0 Å². The number of nitrogens with zero attached hydrogens (tertiary/aromatic N) is 1. The maximum Gasteiger partial charge on any atom is 0.0799 e. The Morgan fingerprint density at radius 1 is 1.28 bits per heavy atom. The van der Waals surface area contributed by atoms with E-state index in [1.807, 2.05) is 0 Å². The Morgan fingerprint density at radius 3 is 3.06 bits per heavy atom. The highest BCUT2D eigenvalue weighted by atomic mass is 79.9. The van der Waals surface area contributed by atoms with Crippen LogP contribution in [0.2, 0.25) is 0 Å². The van der Waals surface area contributed by atoms with Crippen molar-refractivity contribution in [2.45, 2.75) is 31.9 Å². The van der Waals surface area contributed by atoms with Crippen LogP contribution < -0.4 is 0 Å². The molecule has 18 heavy (non-hydrogen) atoms. The minimum atomic E-state index is 0.355. The molecule has 1 heterocycles. The van der Waals surface area contributed by atoms with Crippen molar-refractivity contribution in [3.05, 3.63) is 34.9 Å². The number of hydrogen-bond donors (Lipinski definition) is 0. The lowest BCUT2D eigenvalue weighted by Gasteiger charge is -2.32. The molecule has 1 saturated heterocycles. The molecular weight excluding hydrogens is 290 g/mol.